The number of benzene rings is 2. The Kier molecular flexibility index (Phi) is 6.09. The highest BCUT2D eigenvalue weighted by Gasteiger charge is 2.27. The van der Waals surface area contributed by atoms with E-state index in [1.165, 1.54) is 15.6 Å². The quantitative estimate of drug-likeness (QED) is 0.374. The van der Waals surface area contributed by atoms with Gasteiger partial charge >= 0.3 is 0 Å². The van der Waals surface area contributed by atoms with Crippen molar-refractivity contribution in [3.05, 3.63) is 58.0 Å². The highest BCUT2D eigenvalue weighted by atomic mass is 32.2. The third kappa shape index (κ3) is 4.29. The van der Waals surface area contributed by atoms with Gasteiger partial charge in [0.2, 0.25) is 10.0 Å². The van der Waals surface area contributed by atoms with Crippen LogP contribution in [0.1, 0.15) is 33.9 Å². The topological polar surface area (TPSA) is 129 Å². The molecule has 1 aromatic heterocycles. The minimum absolute atomic E-state index is 0.218. The summed E-state index contributed by atoms with van der Waals surface area (Å²) in [7, 11) is -3.57. The van der Waals surface area contributed by atoms with Gasteiger partial charge in [0.25, 0.3) is 5.91 Å². The number of hydrogen-bond donors (Lipinski definition) is 3. The van der Waals surface area contributed by atoms with E-state index in [0.717, 1.165) is 24.1 Å². The highest BCUT2D eigenvalue weighted by molar-refractivity contribution is 7.89. The van der Waals surface area contributed by atoms with Crippen LogP contribution in [-0.4, -0.2) is 42.9 Å². The van der Waals surface area contributed by atoms with E-state index in [4.69, 9.17) is 11.1 Å². The zero-order valence-electron chi connectivity index (χ0n) is 17.5. The van der Waals surface area contributed by atoms with Crippen molar-refractivity contribution >= 4 is 44.9 Å². The van der Waals surface area contributed by atoms with Crippen LogP contribution < -0.4 is 11.1 Å². The van der Waals surface area contributed by atoms with Gasteiger partial charge in [-0.1, -0.05) is 12.1 Å². The summed E-state index contributed by atoms with van der Waals surface area (Å²) in [6.07, 6.45) is 2.81. The molecule has 2 heterocycles. The minimum atomic E-state index is -3.57. The molecule has 8 nitrogen and oxygen atoms in total. The molecule has 0 unspecified atom stereocenters. The maximum atomic E-state index is 13.0. The lowest BCUT2D eigenvalue weighted by Gasteiger charge is -2.17. The Morgan fingerprint density at radius 2 is 1.97 bits per heavy atom. The van der Waals surface area contributed by atoms with E-state index in [1.807, 2.05) is 6.92 Å². The number of nitrogens with two attached hydrogens (primary N) is 1. The molecule has 0 radical (unpaired) electrons. The molecular formula is C22H23N5O3S2. The molecule has 0 aliphatic carbocycles. The first-order valence-corrected chi connectivity index (χ1v) is 12.4. The molecule has 0 bridgehead atoms. The predicted molar refractivity (Wildman–Crippen MR) is 127 cm³/mol. The lowest BCUT2D eigenvalue weighted by molar-refractivity contribution is 0.102. The van der Waals surface area contributed by atoms with E-state index < -0.39 is 15.9 Å². The predicted octanol–water partition coefficient (Wildman–Crippen LogP) is 3.74. The van der Waals surface area contributed by atoms with Gasteiger partial charge in [-0.05, 0) is 55.2 Å². The summed E-state index contributed by atoms with van der Waals surface area (Å²) in [5, 5.41) is 12.9. The Labute approximate surface area is 190 Å². The monoisotopic (exact) mass is 469 g/mol. The fraction of sp³-hybridized carbons (Fsp3) is 0.227. The Morgan fingerprint density at radius 3 is 2.62 bits per heavy atom. The number of aryl methyl sites for hydroxylation is 1. The number of anilines is 2. The molecule has 10 heteroatoms. The largest absolute Gasteiger partial charge is 0.398 e. The van der Waals surface area contributed by atoms with Crippen molar-refractivity contribution < 1.29 is 13.2 Å². The first-order chi connectivity index (χ1) is 15.3. The normalized spacial score (nSPS) is 14.4. The number of rotatable bonds is 6. The number of thiazole rings is 1. The van der Waals surface area contributed by atoms with E-state index >= 15 is 0 Å². The summed E-state index contributed by atoms with van der Waals surface area (Å²) in [5.41, 5.74) is 8.77. The van der Waals surface area contributed by atoms with Crippen molar-refractivity contribution in [1.82, 2.24) is 9.29 Å². The number of aromatic nitrogens is 1. The van der Waals surface area contributed by atoms with Gasteiger partial charge in [0.05, 0.1) is 15.6 Å². The molecule has 166 valence electrons. The van der Waals surface area contributed by atoms with Crippen LogP contribution >= 0.6 is 11.3 Å². The van der Waals surface area contributed by atoms with Gasteiger partial charge in [0.15, 0.2) is 0 Å². The number of carbonyl (C=O) groups is 1. The number of nitrogen functional groups attached to an aromatic ring is 1. The standard InChI is InChI=1S/C22H23N5O3S2/c1-14-25-21(13-31-14)22(28)26-20-11-16(10-19(24)18(20)12-23)15-5-4-6-17(9-15)32(29,30)27-7-2-3-8-27/h4-6,9-13,23H,2-3,7-8,24H2,1H3,(H,26,28). The smallest absolute Gasteiger partial charge is 0.275 e. The number of amides is 1. The fourth-order valence-corrected chi connectivity index (χ4v) is 5.83. The molecule has 0 saturated carbocycles. The van der Waals surface area contributed by atoms with Crippen molar-refractivity contribution in [2.45, 2.75) is 24.7 Å². The van der Waals surface area contributed by atoms with Crippen LogP contribution in [0.4, 0.5) is 11.4 Å². The number of sulfonamides is 1. The van der Waals surface area contributed by atoms with Crippen LogP contribution in [-0.2, 0) is 10.0 Å². The van der Waals surface area contributed by atoms with Gasteiger partial charge in [-0.25, -0.2) is 13.4 Å². The van der Waals surface area contributed by atoms with Crippen LogP contribution in [0.2, 0.25) is 0 Å². The van der Waals surface area contributed by atoms with Gasteiger partial charge < -0.3 is 16.5 Å². The molecule has 2 aromatic carbocycles. The van der Waals surface area contributed by atoms with Crippen LogP contribution in [0.15, 0.2) is 46.7 Å². The summed E-state index contributed by atoms with van der Waals surface area (Å²) < 4.78 is 27.4. The zero-order valence-corrected chi connectivity index (χ0v) is 19.1. The molecule has 1 amide bonds. The van der Waals surface area contributed by atoms with Crippen LogP contribution in [0, 0.1) is 12.3 Å². The number of nitrogens with one attached hydrogen (secondary N) is 2. The van der Waals surface area contributed by atoms with Crippen molar-refractivity contribution in [2.24, 2.45) is 0 Å². The SMILES string of the molecule is Cc1nc(C(=O)Nc2cc(-c3cccc(S(=O)(=O)N4CCCC4)c3)cc(N)c2C=N)cs1. The first-order valence-electron chi connectivity index (χ1n) is 10.1. The average molecular weight is 470 g/mol. The van der Waals surface area contributed by atoms with Gasteiger partial charge in [-0.2, -0.15) is 4.31 Å². The average Bonchev–Trinajstić information content (AvgIpc) is 3.46. The van der Waals surface area contributed by atoms with Gasteiger partial charge in [-0.15, -0.1) is 11.3 Å². The second kappa shape index (κ2) is 8.81. The zero-order chi connectivity index (χ0) is 22.9. The van der Waals surface area contributed by atoms with Crippen LogP contribution in [0.3, 0.4) is 0 Å². The van der Waals surface area contributed by atoms with Gasteiger partial charge in [0.1, 0.15) is 5.69 Å². The maximum Gasteiger partial charge on any atom is 0.275 e. The minimum Gasteiger partial charge on any atom is -0.398 e. The third-order valence-electron chi connectivity index (χ3n) is 5.33. The van der Waals surface area contributed by atoms with Gasteiger partial charge in [0, 0.05) is 35.9 Å². The molecule has 4 rings (SSSR count). The summed E-state index contributed by atoms with van der Waals surface area (Å²) in [5.74, 6) is -0.403. The maximum absolute atomic E-state index is 13.0. The molecular weight excluding hydrogens is 446 g/mol. The van der Waals surface area contributed by atoms with Crippen molar-refractivity contribution in [3.63, 3.8) is 0 Å². The Balaban J connectivity index is 1.71. The summed E-state index contributed by atoms with van der Waals surface area (Å²) >= 11 is 1.37. The number of hydrogen-bond acceptors (Lipinski definition) is 7. The van der Waals surface area contributed by atoms with Crippen LogP contribution in [0.25, 0.3) is 11.1 Å². The summed E-state index contributed by atoms with van der Waals surface area (Å²) in [4.78, 5) is 17.0. The van der Waals surface area contributed by atoms with E-state index in [9.17, 15) is 13.2 Å². The van der Waals surface area contributed by atoms with Crippen LogP contribution in [0.5, 0.6) is 0 Å². The molecule has 3 aromatic rings. The second-order valence-electron chi connectivity index (χ2n) is 7.52. The Hall–Kier alpha value is -3.08. The molecule has 1 saturated heterocycles. The third-order valence-corrected chi connectivity index (χ3v) is 7.99. The van der Waals surface area contributed by atoms with Crippen molar-refractivity contribution in [3.8, 4) is 11.1 Å². The van der Waals surface area contributed by atoms with E-state index in [1.54, 1.807) is 41.8 Å². The molecule has 1 fully saturated rings. The highest BCUT2D eigenvalue weighted by Crippen LogP contribution is 2.32. The van der Waals surface area contributed by atoms with E-state index in [2.05, 4.69) is 10.3 Å². The molecule has 1 aliphatic rings. The number of carbonyl (C=O) groups excluding carboxylic acids is 1. The van der Waals surface area contributed by atoms with Crippen molar-refractivity contribution in [1.29, 1.82) is 5.41 Å². The van der Waals surface area contributed by atoms with Crippen molar-refractivity contribution in [2.75, 3.05) is 24.1 Å². The summed E-state index contributed by atoms with van der Waals surface area (Å²) in [6, 6.07) is 10.0. The Morgan fingerprint density at radius 1 is 1.22 bits per heavy atom. The molecule has 0 atom stereocenters. The first kappa shape index (κ1) is 22.1. The van der Waals surface area contributed by atoms with E-state index in [-0.39, 0.29) is 10.6 Å². The molecule has 1 aliphatic heterocycles. The lowest BCUT2D eigenvalue weighted by Crippen LogP contribution is -2.27. The molecule has 0 spiro atoms. The molecule has 32 heavy (non-hydrogen) atoms. The second-order valence-corrected chi connectivity index (χ2v) is 10.5. The van der Waals surface area contributed by atoms with E-state index in [0.29, 0.717) is 41.2 Å². The summed E-state index contributed by atoms with van der Waals surface area (Å²) in [6.45, 7) is 2.87. The fourth-order valence-electron chi connectivity index (χ4n) is 3.67. The van der Waals surface area contributed by atoms with Gasteiger partial charge in [-0.3, -0.25) is 4.79 Å². The number of nitrogens with zero attached hydrogens (tertiary/aromatic N) is 2. The Bertz CT molecular complexity index is 1290. The molecule has 4 N–H and O–H groups in total. The lowest BCUT2D eigenvalue weighted by atomic mass is 10.0.